The van der Waals surface area contributed by atoms with Crippen LogP contribution in [0.3, 0.4) is 0 Å². The van der Waals surface area contributed by atoms with Crippen LogP contribution in [0.15, 0.2) is 43.0 Å². The van der Waals surface area contributed by atoms with Crippen LogP contribution in [-0.4, -0.2) is 22.9 Å². The molecule has 0 radical (unpaired) electrons. The minimum absolute atomic E-state index is 0.146. The zero-order chi connectivity index (χ0) is 17.0. The predicted molar refractivity (Wildman–Crippen MR) is 88.9 cm³/mol. The second kappa shape index (κ2) is 6.96. The Balaban J connectivity index is 2.16. The van der Waals surface area contributed by atoms with E-state index in [2.05, 4.69) is 6.58 Å². The van der Waals surface area contributed by atoms with E-state index in [0.717, 1.165) is 11.4 Å². The Morgan fingerprint density at radius 1 is 1.26 bits per heavy atom. The summed E-state index contributed by atoms with van der Waals surface area (Å²) in [6.45, 7) is 8.05. The van der Waals surface area contributed by atoms with E-state index in [0.29, 0.717) is 17.9 Å². The van der Waals surface area contributed by atoms with Gasteiger partial charge in [0.25, 0.3) is 5.91 Å². The molecule has 1 aromatic heterocycles. The predicted octanol–water partition coefficient (Wildman–Crippen LogP) is 2.65. The molecule has 23 heavy (non-hydrogen) atoms. The summed E-state index contributed by atoms with van der Waals surface area (Å²) in [5.41, 5.74) is 8.03. The van der Waals surface area contributed by atoms with Gasteiger partial charge in [-0.05, 0) is 32.0 Å². The number of benzene rings is 1. The van der Waals surface area contributed by atoms with Gasteiger partial charge in [0.2, 0.25) is 5.78 Å². The minimum Gasteiger partial charge on any atom is -0.485 e. The van der Waals surface area contributed by atoms with Crippen LogP contribution in [0.25, 0.3) is 0 Å². The van der Waals surface area contributed by atoms with Crippen LogP contribution in [0.4, 0.5) is 0 Å². The third-order valence-electron chi connectivity index (χ3n) is 3.70. The number of para-hydroxylation sites is 1. The van der Waals surface area contributed by atoms with Crippen LogP contribution in [-0.2, 0) is 6.54 Å². The first-order valence-electron chi connectivity index (χ1n) is 7.28. The molecule has 0 saturated heterocycles. The number of rotatable bonds is 7. The number of carbonyl (C=O) groups excluding carboxylic acids is 2. The standard InChI is InChI=1S/C18H20N2O3/c1-4-9-20-12(2)10-15(13(20)3)16(21)11-23-17-8-6-5-7-14(17)18(19)22/h4-8,10H,1,9,11H2,2-3H3,(H2,19,22). The highest BCUT2D eigenvalue weighted by Crippen LogP contribution is 2.19. The quantitative estimate of drug-likeness (QED) is 0.631. The SMILES string of the molecule is C=CCn1c(C)cc(C(=O)COc2ccccc2C(N)=O)c1C. The van der Waals surface area contributed by atoms with Gasteiger partial charge in [0, 0.05) is 23.5 Å². The van der Waals surface area contributed by atoms with Crippen molar-refractivity contribution in [1.29, 1.82) is 0 Å². The number of ether oxygens (including phenoxy) is 1. The molecular formula is C18H20N2O3. The first-order chi connectivity index (χ1) is 11.0. The molecule has 0 spiro atoms. The van der Waals surface area contributed by atoms with Gasteiger partial charge in [-0.3, -0.25) is 9.59 Å². The molecule has 5 heteroatoms. The summed E-state index contributed by atoms with van der Waals surface area (Å²) in [4.78, 5) is 23.8. The van der Waals surface area contributed by atoms with E-state index in [-0.39, 0.29) is 18.0 Å². The average molecular weight is 312 g/mol. The average Bonchev–Trinajstić information content (AvgIpc) is 2.81. The number of primary amides is 1. The maximum Gasteiger partial charge on any atom is 0.252 e. The maximum atomic E-state index is 12.4. The van der Waals surface area contributed by atoms with Crippen molar-refractivity contribution < 1.29 is 14.3 Å². The third kappa shape index (κ3) is 3.51. The van der Waals surface area contributed by atoms with Gasteiger partial charge in [-0.15, -0.1) is 6.58 Å². The molecule has 1 amide bonds. The minimum atomic E-state index is -0.586. The van der Waals surface area contributed by atoms with Gasteiger partial charge in [-0.2, -0.15) is 0 Å². The summed E-state index contributed by atoms with van der Waals surface area (Å²) >= 11 is 0. The Morgan fingerprint density at radius 2 is 1.96 bits per heavy atom. The second-order valence-electron chi connectivity index (χ2n) is 5.26. The fourth-order valence-electron chi connectivity index (χ4n) is 2.51. The number of ketones is 1. The van der Waals surface area contributed by atoms with Crippen LogP contribution < -0.4 is 10.5 Å². The van der Waals surface area contributed by atoms with E-state index < -0.39 is 5.91 Å². The van der Waals surface area contributed by atoms with E-state index >= 15 is 0 Å². The Labute approximate surface area is 135 Å². The van der Waals surface area contributed by atoms with Crippen LogP contribution in [0.5, 0.6) is 5.75 Å². The summed E-state index contributed by atoms with van der Waals surface area (Å²) in [5, 5.41) is 0. The Morgan fingerprint density at radius 3 is 2.61 bits per heavy atom. The molecule has 2 aromatic rings. The van der Waals surface area contributed by atoms with Crippen molar-refractivity contribution in [3.63, 3.8) is 0 Å². The molecule has 2 N–H and O–H groups in total. The molecule has 0 fully saturated rings. The number of amides is 1. The van der Waals surface area contributed by atoms with Crippen molar-refractivity contribution in [1.82, 2.24) is 4.57 Å². The molecule has 5 nitrogen and oxygen atoms in total. The molecule has 1 aromatic carbocycles. The number of hydrogen-bond donors (Lipinski definition) is 1. The van der Waals surface area contributed by atoms with Gasteiger partial charge in [-0.25, -0.2) is 0 Å². The number of aromatic nitrogens is 1. The van der Waals surface area contributed by atoms with Crippen molar-refractivity contribution in [2.45, 2.75) is 20.4 Å². The number of Topliss-reactive ketones (excluding diaryl/α,β-unsaturated/α-hetero) is 1. The van der Waals surface area contributed by atoms with Crippen molar-refractivity contribution in [2.24, 2.45) is 5.73 Å². The molecule has 120 valence electrons. The molecular weight excluding hydrogens is 292 g/mol. The topological polar surface area (TPSA) is 74.3 Å². The summed E-state index contributed by atoms with van der Waals surface area (Å²) in [6, 6.07) is 8.44. The van der Waals surface area contributed by atoms with Crippen molar-refractivity contribution >= 4 is 11.7 Å². The lowest BCUT2D eigenvalue weighted by Crippen LogP contribution is -2.17. The van der Waals surface area contributed by atoms with E-state index in [4.69, 9.17) is 10.5 Å². The zero-order valence-electron chi connectivity index (χ0n) is 13.3. The summed E-state index contributed by atoms with van der Waals surface area (Å²) in [5.74, 6) is -0.418. The number of nitrogens with zero attached hydrogens (tertiary/aromatic N) is 1. The fourth-order valence-corrected chi connectivity index (χ4v) is 2.51. The molecule has 0 unspecified atom stereocenters. The molecule has 2 rings (SSSR count). The van der Waals surface area contributed by atoms with E-state index in [1.54, 1.807) is 30.3 Å². The van der Waals surface area contributed by atoms with Gasteiger partial charge in [-0.1, -0.05) is 18.2 Å². The number of carbonyl (C=O) groups is 2. The lowest BCUT2D eigenvalue weighted by atomic mass is 10.1. The van der Waals surface area contributed by atoms with Crippen molar-refractivity contribution in [3.05, 3.63) is 65.5 Å². The van der Waals surface area contributed by atoms with Gasteiger partial charge in [0.05, 0.1) is 5.56 Å². The largest absolute Gasteiger partial charge is 0.485 e. The van der Waals surface area contributed by atoms with Crippen LogP contribution in [0, 0.1) is 13.8 Å². The lowest BCUT2D eigenvalue weighted by Gasteiger charge is -2.09. The molecule has 1 heterocycles. The van der Waals surface area contributed by atoms with E-state index in [9.17, 15) is 9.59 Å². The number of aryl methyl sites for hydroxylation is 1. The number of nitrogens with two attached hydrogens (primary N) is 1. The fraction of sp³-hybridized carbons (Fsp3) is 0.222. The maximum absolute atomic E-state index is 12.4. The lowest BCUT2D eigenvalue weighted by molar-refractivity contribution is 0.0911. The zero-order valence-corrected chi connectivity index (χ0v) is 13.3. The van der Waals surface area contributed by atoms with Crippen LogP contribution >= 0.6 is 0 Å². The molecule has 0 aliphatic carbocycles. The number of hydrogen-bond acceptors (Lipinski definition) is 3. The Hall–Kier alpha value is -2.82. The van der Waals surface area contributed by atoms with Crippen molar-refractivity contribution in [3.8, 4) is 5.75 Å². The molecule has 0 bridgehead atoms. The van der Waals surface area contributed by atoms with E-state index in [1.807, 2.05) is 24.5 Å². The first kappa shape index (κ1) is 16.5. The van der Waals surface area contributed by atoms with Gasteiger partial charge < -0.3 is 15.0 Å². The Kier molecular flexibility index (Phi) is 5.01. The van der Waals surface area contributed by atoms with Gasteiger partial charge in [0.1, 0.15) is 5.75 Å². The Bertz CT molecular complexity index is 760. The highest BCUT2D eigenvalue weighted by atomic mass is 16.5. The first-order valence-corrected chi connectivity index (χ1v) is 7.28. The van der Waals surface area contributed by atoms with Crippen LogP contribution in [0.2, 0.25) is 0 Å². The van der Waals surface area contributed by atoms with Crippen LogP contribution in [0.1, 0.15) is 32.1 Å². The van der Waals surface area contributed by atoms with Crippen molar-refractivity contribution in [2.75, 3.05) is 6.61 Å². The summed E-state index contributed by atoms with van der Waals surface area (Å²) in [6.07, 6.45) is 1.79. The third-order valence-corrected chi connectivity index (χ3v) is 3.70. The summed E-state index contributed by atoms with van der Waals surface area (Å²) in [7, 11) is 0. The second-order valence-corrected chi connectivity index (χ2v) is 5.26. The molecule has 0 aliphatic heterocycles. The molecule has 0 saturated carbocycles. The van der Waals surface area contributed by atoms with Gasteiger partial charge in [0.15, 0.2) is 6.61 Å². The molecule has 0 aliphatic rings. The molecule has 0 atom stereocenters. The summed E-state index contributed by atoms with van der Waals surface area (Å²) < 4.78 is 7.51. The van der Waals surface area contributed by atoms with E-state index in [1.165, 1.54) is 0 Å². The highest BCUT2D eigenvalue weighted by Gasteiger charge is 2.17. The smallest absolute Gasteiger partial charge is 0.252 e. The highest BCUT2D eigenvalue weighted by molar-refractivity contribution is 5.99. The monoisotopic (exact) mass is 312 g/mol. The normalized spacial score (nSPS) is 10.3. The van der Waals surface area contributed by atoms with Gasteiger partial charge >= 0.3 is 0 Å². The number of allylic oxidation sites excluding steroid dienone is 1.